The number of aromatic hydroxyl groups is 3. The number of likely N-dealkylation sites (N-methyl/N-ethyl adjacent to an activating group) is 3. The summed E-state index contributed by atoms with van der Waals surface area (Å²) in [6, 6.07) is 41.5. The van der Waals surface area contributed by atoms with E-state index >= 15 is 0 Å². The van der Waals surface area contributed by atoms with Gasteiger partial charge in [0.1, 0.15) is 33.9 Å². The summed E-state index contributed by atoms with van der Waals surface area (Å²) in [5.74, 6) is -19.1. The third-order valence-corrected chi connectivity index (χ3v) is 27.0. The second kappa shape index (κ2) is 40.0. The Bertz CT molecular complexity index is 5680. The van der Waals surface area contributed by atoms with E-state index in [2.05, 4.69) is 29.2 Å². The van der Waals surface area contributed by atoms with Crippen LogP contribution in [-0.4, -0.2) is 155 Å². The molecule has 1 heterocycles. The molecule has 0 aliphatic heterocycles. The predicted molar refractivity (Wildman–Crippen MR) is 436 cm³/mol. The number of hydrogen-bond donors (Lipinski definition) is 6. The van der Waals surface area contributed by atoms with Crippen LogP contribution in [0.15, 0.2) is 179 Å². The number of anilines is 3. The highest BCUT2D eigenvalue weighted by molar-refractivity contribution is 7.89. The van der Waals surface area contributed by atoms with E-state index in [1.807, 2.05) is 42.5 Å². The fourth-order valence-electron chi connectivity index (χ4n) is 14.7. The van der Waals surface area contributed by atoms with Crippen LogP contribution >= 0.6 is 0 Å². The van der Waals surface area contributed by atoms with Gasteiger partial charge in [0.2, 0.25) is 43.6 Å². The summed E-state index contributed by atoms with van der Waals surface area (Å²) in [7, 11) is -8.55. The van der Waals surface area contributed by atoms with Crippen molar-refractivity contribution in [3.63, 3.8) is 0 Å². The molecular formula is C86H90F5N9O18S3. The van der Waals surface area contributed by atoms with Crippen LogP contribution in [0.5, 0.6) is 17.2 Å². The zero-order chi connectivity index (χ0) is 87.9. The van der Waals surface area contributed by atoms with Crippen molar-refractivity contribution < 1.29 is 107 Å². The molecule has 6 N–H and O–H groups in total. The van der Waals surface area contributed by atoms with E-state index in [9.17, 15) is 107 Å². The number of aryl methyl sites for hydroxylation is 1. The van der Waals surface area contributed by atoms with Crippen LogP contribution in [-0.2, 0) is 71.1 Å². The molecule has 12 rings (SSSR count). The third-order valence-electron chi connectivity index (χ3n) is 21.6. The Morgan fingerprint density at radius 2 is 0.719 bits per heavy atom. The highest BCUT2D eigenvalue weighted by atomic mass is 32.2. The third kappa shape index (κ3) is 22.2. The summed E-state index contributed by atoms with van der Waals surface area (Å²) in [5, 5.41) is 67.4. The summed E-state index contributed by atoms with van der Waals surface area (Å²) >= 11 is 0. The van der Waals surface area contributed by atoms with Gasteiger partial charge in [0, 0.05) is 69.6 Å². The average Bonchev–Trinajstić information content (AvgIpc) is 1.70. The number of nitriles is 1. The maximum absolute atomic E-state index is 14.3. The second-order valence-electron chi connectivity index (χ2n) is 29.9. The van der Waals surface area contributed by atoms with Gasteiger partial charge in [-0.25, -0.2) is 66.6 Å². The van der Waals surface area contributed by atoms with E-state index in [-0.39, 0.29) is 62.0 Å². The van der Waals surface area contributed by atoms with Gasteiger partial charge >= 0.3 is 17.9 Å². The molecule has 1 aromatic heterocycles. The minimum Gasteiger partial charge on any atom is -0.507 e. The van der Waals surface area contributed by atoms with Gasteiger partial charge in [-0.1, -0.05) is 131 Å². The van der Waals surface area contributed by atoms with Crippen molar-refractivity contribution in [2.75, 3.05) is 55.5 Å². The number of carboxylic acids is 3. The maximum atomic E-state index is 14.3. The van der Waals surface area contributed by atoms with Gasteiger partial charge in [-0.2, -0.15) is 18.2 Å². The second-order valence-corrected chi connectivity index (χ2v) is 35.9. The molecule has 3 fully saturated rings. The van der Waals surface area contributed by atoms with Crippen molar-refractivity contribution in [1.82, 2.24) is 22.5 Å². The first kappa shape index (κ1) is 91.4. The first-order valence-electron chi connectivity index (χ1n) is 38.6. The number of carbonyl (C=O) groups is 6. The van der Waals surface area contributed by atoms with Gasteiger partial charge in [-0.15, -0.1) is 0 Å². The molecule has 0 unspecified atom stereocenters. The molecular weight excluding hydrogens is 1640 g/mol. The van der Waals surface area contributed by atoms with Crippen molar-refractivity contribution in [1.29, 1.82) is 5.26 Å². The Hall–Kier alpha value is -11.9. The molecule has 640 valence electrons. The number of sulfonamides is 3. The van der Waals surface area contributed by atoms with Gasteiger partial charge < -0.3 is 49.9 Å². The summed E-state index contributed by atoms with van der Waals surface area (Å²) < 4.78 is 151. The molecule has 8 aromatic carbocycles. The van der Waals surface area contributed by atoms with Gasteiger partial charge in [0.15, 0.2) is 33.2 Å². The topological polar surface area (TPSA) is 387 Å². The van der Waals surface area contributed by atoms with E-state index < -0.39 is 142 Å². The van der Waals surface area contributed by atoms with Gasteiger partial charge in [0.25, 0.3) is 10.0 Å². The minimum atomic E-state index is -5.43. The van der Waals surface area contributed by atoms with Crippen molar-refractivity contribution in [3.8, 4) is 23.3 Å². The molecule has 121 heavy (non-hydrogen) atoms. The fourth-order valence-corrected chi connectivity index (χ4v) is 18.2. The van der Waals surface area contributed by atoms with E-state index in [0.29, 0.717) is 35.9 Å². The number of hydrogen-bond acceptors (Lipinski definition) is 17. The van der Waals surface area contributed by atoms with Crippen LogP contribution in [0.2, 0.25) is 0 Å². The lowest BCUT2D eigenvalue weighted by Gasteiger charge is -2.27. The molecule has 35 heteroatoms. The van der Waals surface area contributed by atoms with E-state index in [1.165, 1.54) is 164 Å². The fraction of sp³-hybridized carbons (Fsp3) is 0.326. The number of phenols is 3. The van der Waals surface area contributed by atoms with Crippen LogP contribution in [0, 0.1) is 40.4 Å². The first-order chi connectivity index (χ1) is 57.4. The molecule has 9 aromatic rings. The highest BCUT2D eigenvalue weighted by Gasteiger charge is 2.38. The van der Waals surface area contributed by atoms with Crippen LogP contribution < -0.4 is 14.7 Å². The van der Waals surface area contributed by atoms with Crippen molar-refractivity contribution in [2.45, 2.75) is 149 Å². The van der Waals surface area contributed by atoms with Crippen molar-refractivity contribution >= 4 is 82.8 Å². The maximum Gasteiger partial charge on any atom is 0.339 e. The van der Waals surface area contributed by atoms with Crippen molar-refractivity contribution in [3.05, 3.63) is 249 Å². The minimum absolute atomic E-state index is 0.0501. The van der Waals surface area contributed by atoms with Crippen LogP contribution in [0.1, 0.15) is 184 Å². The molecule has 0 spiro atoms. The summed E-state index contributed by atoms with van der Waals surface area (Å²) in [5.41, 5.74) is 5.45. The molecule has 0 radical (unpaired) electrons. The van der Waals surface area contributed by atoms with Gasteiger partial charge in [-0.3, -0.25) is 14.4 Å². The Kier molecular flexibility index (Phi) is 30.2. The Morgan fingerprint density at radius 3 is 1.00 bits per heavy atom. The van der Waals surface area contributed by atoms with E-state index in [0.717, 1.165) is 93.7 Å². The zero-order valence-electron chi connectivity index (χ0n) is 66.4. The predicted octanol–water partition coefficient (Wildman–Crippen LogP) is 14.3. The number of nitrogens with zero attached hydrogens (tertiary/aromatic N) is 9. The number of aromatic carboxylic acids is 3. The number of benzene rings is 8. The monoisotopic (exact) mass is 1730 g/mol. The lowest BCUT2D eigenvalue weighted by molar-refractivity contribution is -0.119. The number of rotatable bonds is 27. The quantitative estimate of drug-likeness (QED) is 0.0158. The molecule has 3 amide bonds. The number of halogens is 5. The van der Waals surface area contributed by atoms with E-state index in [4.69, 9.17) is 5.26 Å². The largest absolute Gasteiger partial charge is 0.507 e. The van der Waals surface area contributed by atoms with Gasteiger partial charge in [-0.05, 0) is 150 Å². The number of aromatic nitrogens is 2. The molecule has 3 aliphatic rings. The van der Waals surface area contributed by atoms with Crippen LogP contribution in [0.4, 0.5) is 39.0 Å². The lowest BCUT2D eigenvalue weighted by Crippen LogP contribution is -2.41. The Morgan fingerprint density at radius 1 is 0.421 bits per heavy atom. The average molecular weight is 1730 g/mol. The molecule has 0 saturated heterocycles. The summed E-state index contributed by atoms with van der Waals surface area (Å²) in [6.07, 6.45) is 20.2. The highest BCUT2D eigenvalue weighted by Crippen LogP contribution is 2.39. The standard InChI is InChI=1S/C30H31N3O6S.C29H27F5N2O6S.C27H32N4O6S/c1-32(40(38,39)26-14-9-21(18-31)10-15-26)20-29(35)33(25-13-16-27(30(36)37)28(34)17-25)19-22-7-11-24(12-8-22)23-5-3-2-4-6-23;1-35(43(41,42)28-26(33)24(31)23(30)25(32)27(28)34)15-22(38)36(19-11-12-20(29(39)40)21(37)13-19)14-16-7-9-18(10-8-16)17-5-3-2-4-6-17;1-29-16-25(28-18-29)38(36,37)30(2)17-26(33)31(22-12-13-23(27(34)35)24(32)14-22)15-19-8-10-21(11-9-19)20-6-4-3-5-7-20/h7-17,23,34H,2-6,19-20H2,1H3,(H,36,37);7-13,17,37H,2-6,14-15H2,1H3,(H,39,40);8-14,16,18,20,32H,3-7,15,17H2,1-2H3,(H,34,35). The number of imidazole rings is 1. The Labute approximate surface area is 696 Å². The van der Waals surface area contributed by atoms with Crippen LogP contribution in [0.25, 0.3) is 0 Å². The molecule has 3 saturated carbocycles. The van der Waals surface area contributed by atoms with Gasteiger partial charge in [0.05, 0.1) is 62.1 Å². The summed E-state index contributed by atoms with van der Waals surface area (Å²) in [4.78, 5) is 80.0. The Balaban J connectivity index is 0.000000191. The molecule has 3 aliphatic carbocycles. The van der Waals surface area contributed by atoms with E-state index in [1.54, 1.807) is 19.2 Å². The van der Waals surface area contributed by atoms with Crippen molar-refractivity contribution in [2.24, 2.45) is 7.05 Å². The first-order valence-corrected chi connectivity index (χ1v) is 43.0. The lowest BCUT2D eigenvalue weighted by atomic mass is 9.84. The number of carbonyl (C=O) groups excluding carboxylic acids is 3. The molecule has 27 nitrogen and oxygen atoms in total. The SMILES string of the molecule is CN(CC(=O)N(Cc1ccc(C2CCCCC2)cc1)c1ccc(C(=O)O)c(O)c1)S(=O)(=O)c1c(F)c(F)c(F)c(F)c1F.CN(CC(=O)N(Cc1ccc(C2CCCCC2)cc1)c1ccc(C(=O)O)c(O)c1)S(=O)(=O)c1ccc(C#N)cc1.CN(CC(=O)N(Cc1ccc(C2CCCCC2)cc1)c1ccc(C(=O)O)c(O)c1)S(=O)(=O)c1cn(C)cn1. The molecule has 0 atom stereocenters. The normalized spacial score (nSPS) is 14.2. The van der Waals surface area contributed by atoms with Crippen LogP contribution in [0.3, 0.4) is 0 Å². The number of amides is 3. The smallest absolute Gasteiger partial charge is 0.339 e. The number of carboxylic acid groups (broad SMARTS) is 3. The zero-order valence-corrected chi connectivity index (χ0v) is 68.8. The molecule has 0 bridgehead atoms. The summed E-state index contributed by atoms with van der Waals surface area (Å²) in [6.45, 7) is -2.13.